The molecular formula is C36H43N3O7. The van der Waals surface area contributed by atoms with Crippen molar-refractivity contribution in [2.24, 2.45) is 0 Å². The number of nitrogens with one attached hydrogen (secondary N) is 2. The van der Waals surface area contributed by atoms with E-state index in [1.807, 2.05) is 48.5 Å². The summed E-state index contributed by atoms with van der Waals surface area (Å²) in [6.07, 6.45) is -0.793. The van der Waals surface area contributed by atoms with Gasteiger partial charge in [0.05, 0.1) is 12.6 Å². The molecule has 0 aliphatic heterocycles. The number of carbonyl (C=O) groups excluding carboxylic acids is 4. The van der Waals surface area contributed by atoms with Crippen molar-refractivity contribution < 1.29 is 33.8 Å². The highest BCUT2D eigenvalue weighted by Crippen LogP contribution is 2.44. The molecule has 0 fully saturated rings. The van der Waals surface area contributed by atoms with Crippen LogP contribution >= 0.6 is 0 Å². The molecule has 244 valence electrons. The number of aliphatic hydroxyl groups is 1. The van der Waals surface area contributed by atoms with Crippen LogP contribution in [-0.4, -0.2) is 70.8 Å². The van der Waals surface area contributed by atoms with Crippen LogP contribution in [0.15, 0.2) is 78.9 Å². The SMILES string of the molecule is C[C@H](NC(=O)OCC1c2ccccc2-c2ccccc21)C(=O)N([C@@H](C)C(=O)N[C@H](C)C(=O)OC(C)(C)C)[C@@H](CO)c1ccccc1. The molecule has 0 unspecified atom stereocenters. The number of benzene rings is 3. The van der Waals surface area contributed by atoms with E-state index in [4.69, 9.17) is 9.47 Å². The topological polar surface area (TPSA) is 134 Å². The van der Waals surface area contributed by atoms with Gasteiger partial charge in [0.15, 0.2) is 0 Å². The molecule has 0 spiro atoms. The van der Waals surface area contributed by atoms with Gasteiger partial charge in [-0.1, -0.05) is 78.9 Å². The van der Waals surface area contributed by atoms with Gasteiger partial charge in [0.25, 0.3) is 0 Å². The normalized spacial score (nSPS) is 14.9. The summed E-state index contributed by atoms with van der Waals surface area (Å²) in [5, 5.41) is 15.7. The van der Waals surface area contributed by atoms with Crippen LogP contribution in [0.2, 0.25) is 0 Å². The van der Waals surface area contributed by atoms with Gasteiger partial charge in [-0.3, -0.25) is 9.59 Å². The van der Waals surface area contributed by atoms with Crippen molar-refractivity contribution in [1.82, 2.24) is 15.5 Å². The number of hydrogen-bond acceptors (Lipinski definition) is 7. The maximum atomic E-state index is 14.0. The number of fused-ring (bicyclic) bond motifs is 3. The van der Waals surface area contributed by atoms with Crippen molar-refractivity contribution in [3.63, 3.8) is 0 Å². The maximum Gasteiger partial charge on any atom is 0.407 e. The molecule has 3 N–H and O–H groups in total. The number of aliphatic hydroxyl groups excluding tert-OH is 1. The second kappa shape index (κ2) is 14.6. The summed E-state index contributed by atoms with van der Waals surface area (Å²) in [5.41, 5.74) is 4.14. The Balaban J connectivity index is 1.48. The number of nitrogens with zero attached hydrogens (tertiary/aromatic N) is 1. The van der Waals surface area contributed by atoms with Crippen LogP contribution in [0.5, 0.6) is 0 Å². The Hall–Kier alpha value is -4.70. The molecule has 10 nitrogen and oxygen atoms in total. The Bertz CT molecular complexity index is 1510. The lowest BCUT2D eigenvalue weighted by Gasteiger charge is -2.37. The Kier molecular flexibility index (Phi) is 10.8. The van der Waals surface area contributed by atoms with E-state index in [0.29, 0.717) is 5.56 Å². The van der Waals surface area contributed by atoms with Crippen LogP contribution < -0.4 is 10.6 Å². The third-order valence-corrected chi connectivity index (χ3v) is 7.91. The number of alkyl carbamates (subject to hydrolysis) is 1. The maximum absolute atomic E-state index is 14.0. The molecule has 0 bridgehead atoms. The molecule has 1 aliphatic rings. The molecular weight excluding hydrogens is 586 g/mol. The van der Waals surface area contributed by atoms with Gasteiger partial charge in [-0.25, -0.2) is 9.59 Å². The Morgan fingerprint density at radius 1 is 0.804 bits per heavy atom. The number of rotatable bonds is 11. The van der Waals surface area contributed by atoms with Gasteiger partial charge in [-0.05, 0) is 69.4 Å². The lowest BCUT2D eigenvalue weighted by molar-refractivity contribution is -0.158. The molecule has 0 radical (unpaired) electrons. The molecule has 1 aliphatic carbocycles. The van der Waals surface area contributed by atoms with Crippen molar-refractivity contribution in [1.29, 1.82) is 0 Å². The Morgan fingerprint density at radius 3 is 1.89 bits per heavy atom. The first-order valence-electron chi connectivity index (χ1n) is 15.4. The minimum Gasteiger partial charge on any atom is -0.458 e. The predicted molar refractivity (Wildman–Crippen MR) is 174 cm³/mol. The average molecular weight is 630 g/mol. The van der Waals surface area contributed by atoms with Gasteiger partial charge >= 0.3 is 12.1 Å². The molecule has 0 aromatic heterocycles. The van der Waals surface area contributed by atoms with Gasteiger partial charge in [-0.15, -0.1) is 0 Å². The molecule has 10 heteroatoms. The Labute approximate surface area is 270 Å². The fraction of sp³-hybridized carbons (Fsp3) is 0.389. The first-order valence-corrected chi connectivity index (χ1v) is 15.4. The van der Waals surface area contributed by atoms with Crippen LogP contribution in [0.25, 0.3) is 11.1 Å². The fourth-order valence-corrected chi connectivity index (χ4v) is 5.66. The van der Waals surface area contributed by atoms with E-state index in [-0.39, 0.29) is 12.5 Å². The molecule has 0 saturated heterocycles. The van der Waals surface area contributed by atoms with Gasteiger partial charge in [-0.2, -0.15) is 0 Å². The zero-order chi connectivity index (χ0) is 33.6. The monoisotopic (exact) mass is 629 g/mol. The summed E-state index contributed by atoms with van der Waals surface area (Å²) in [7, 11) is 0. The number of hydrogen-bond donors (Lipinski definition) is 3. The zero-order valence-corrected chi connectivity index (χ0v) is 27.2. The van der Waals surface area contributed by atoms with E-state index in [1.54, 1.807) is 51.1 Å². The molecule has 4 atom stereocenters. The molecule has 3 amide bonds. The van der Waals surface area contributed by atoms with Crippen LogP contribution in [0, 0.1) is 0 Å². The van der Waals surface area contributed by atoms with Crippen LogP contribution in [-0.2, 0) is 23.9 Å². The Morgan fingerprint density at radius 2 is 1.35 bits per heavy atom. The minimum atomic E-state index is -1.14. The van der Waals surface area contributed by atoms with Crippen LogP contribution in [0.3, 0.4) is 0 Å². The number of amides is 3. The standard InChI is InChI=1S/C36H43N3O7/c1-22(38-35(44)45-21-30-28-18-12-10-16-26(28)27-17-11-13-19-29(27)30)33(42)39(31(20-40)25-14-8-7-9-15-25)24(3)32(41)37-23(2)34(43)46-36(4,5)6/h7-19,22-24,30-31,40H,20-21H2,1-6H3,(H,37,41)(H,38,44)/t22-,23+,24-,31-/m0/s1. The van der Waals surface area contributed by atoms with Crippen molar-refractivity contribution >= 4 is 23.9 Å². The highest BCUT2D eigenvalue weighted by atomic mass is 16.6. The summed E-state index contributed by atoms with van der Waals surface area (Å²) < 4.78 is 11.0. The summed E-state index contributed by atoms with van der Waals surface area (Å²) in [4.78, 5) is 54.2. The number of esters is 1. The van der Waals surface area contributed by atoms with Crippen LogP contribution in [0.1, 0.15) is 70.2 Å². The van der Waals surface area contributed by atoms with Gasteiger partial charge in [0.2, 0.25) is 11.8 Å². The second-order valence-electron chi connectivity index (χ2n) is 12.5. The first kappa shape index (κ1) is 34.2. The molecule has 3 aromatic rings. The largest absolute Gasteiger partial charge is 0.458 e. The second-order valence-corrected chi connectivity index (χ2v) is 12.5. The quantitative estimate of drug-likeness (QED) is 0.262. The van der Waals surface area contributed by atoms with E-state index in [1.165, 1.54) is 25.7 Å². The lowest BCUT2D eigenvalue weighted by Crippen LogP contribution is -2.57. The predicted octanol–water partition coefficient (Wildman–Crippen LogP) is 4.71. The first-order chi connectivity index (χ1) is 21.8. The van der Waals surface area contributed by atoms with Crippen molar-refractivity contribution in [2.75, 3.05) is 13.2 Å². The van der Waals surface area contributed by atoms with Crippen molar-refractivity contribution in [3.8, 4) is 11.1 Å². The summed E-state index contributed by atoms with van der Waals surface area (Å²) in [6.45, 7) is 9.22. The number of carbonyl (C=O) groups is 4. The summed E-state index contributed by atoms with van der Waals surface area (Å²) in [5.74, 6) is -2.04. The fourth-order valence-electron chi connectivity index (χ4n) is 5.66. The van der Waals surface area contributed by atoms with Gasteiger partial charge < -0.3 is 30.1 Å². The smallest absolute Gasteiger partial charge is 0.407 e. The zero-order valence-electron chi connectivity index (χ0n) is 27.2. The van der Waals surface area contributed by atoms with E-state index in [0.717, 1.165) is 22.3 Å². The van der Waals surface area contributed by atoms with E-state index in [9.17, 15) is 24.3 Å². The molecule has 46 heavy (non-hydrogen) atoms. The average Bonchev–Trinajstić information content (AvgIpc) is 3.35. The third-order valence-electron chi connectivity index (χ3n) is 7.91. The molecule has 0 heterocycles. The molecule has 4 rings (SSSR count). The highest BCUT2D eigenvalue weighted by molar-refractivity contribution is 5.93. The van der Waals surface area contributed by atoms with E-state index in [2.05, 4.69) is 10.6 Å². The molecule has 3 aromatic carbocycles. The van der Waals surface area contributed by atoms with Gasteiger partial charge in [0.1, 0.15) is 30.3 Å². The van der Waals surface area contributed by atoms with E-state index < -0.39 is 60.3 Å². The highest BCUT2D eigenvalue weighted by Gasteiger charge is 2.37. The summed E-state index contributed by atoms with van der Waals surface area (Å²) in [6, 6.07) is 20.6. The summed E-state index contributed by atoms with van der Waals surface area (Å²) >= 11 is 0. The third kappa shape index (κ3) is 7.92. The van der Waals surface area contributed by atoms with Crippen LogP contribution in [0.4, 0.5) is 4.79 Å². The van der Waals surface area contributed by atoms with Gasteiger partial charge in [0, 0.05) is 5.92 Å². The number of ether oxygens (including phenoxy) is 2. The van der Waals surface area contributed by atoms with E-state index >= 15 is 0 Å². The lowest BCUT2D eigenvalue weighted by atomic mass is 9.98. The minimum absolute atomic E-state index is 0.0646. The van der Waals surface area contributed by atoms with Crippen molar-refractivity contribution in [2.45, 2.75) is 77.2 Å². The molecule has 0 saturated carbocycles. The van der Waals surface area contributed by atoms with Crippen molar-refractivity contribution in [3.05, 3.63) is 95.6 Å².